The zero-order valence-electron chi connectivity index (χ0n) is 7.91. The molecule has 16 heavy (non-hydrogen) atoms. The molecule has 0 unspecified atom stereocenters. The third-order valence-electron chi connectivity index (χ3n) is 2.01. The smallest absolute Gasteiger partial charge is 0.371 e. The van der Waals surface area contributed by atoms with E-state index in [1.165, 1.54) is 24.3 Å². The van der Waals surface area contributed by atoms with E-state index in [1.807, 2.05) is 0 Å². The van der Waals surface area contributed by atoms with Gasteiger partial charge in [-0.05, 0) is 30.3 Å². The summed E-state index contributed by atoms with van der Waals surface area (Å²) in [4.78, 5) is 10.6. The second-order valence-electron chi connectivity index (χ2n) is 3.09. The van der Waals surface area contributed by atoms with Crippen molar-refractivity contribution in [3.8, 4) is 11.3 Å². The van der Waals surface area contributed by atoms with Gasteiger partial charge in [-0.1, -0.05) is 15.9 Å². The maximum Gasteiger partial charge on any atom is 0.371 e. The predicted octanol–water partition coefficient (Wildman–Crippen LogP) is 3.55. The molecule has 0 spiro atoms. The van der Waals surface area contributed by atoms with Crippen LogP contribution in [0.4, 0.5) is 4.39 Å². The second-order valence-corrected chi connectivity index (χ2v) is 4.01. The lowest BCUT2D eigenvalue weighted by Gasteiger charge is -1.99. The van der Waals surface area contributed by atoms with E-state index in [2.05, 4.69) is 15.9 Å². The Kier molecular flexibility index (Phi) is 2.78. The molecule has 1 aromatic heterocycles. The quantitative estimate of drug-likeness (QED) is 0.918. The molecule has 82 valence electrons. The molecule has 0 amide bonds. The number of aromatic carboxylic acids is 1. The molecule has 0 aliphatic heterocycles. The number of rotatable bonds is 2. The van der Waals surface area contributed by atoms with Crippen LogP contribution >= 0.6 is 15.9 Å². The zero-order valence-corrected chi connectivity index (χ0v) is 9.49. The van der Waals surface area contributed by atoms with Gasteiger partial charge in [0.05, 0.1) is 5.56 Å². The summed E-state index contributed by atoms with van der Waals surface area (Å²) in [6.45, 7) is 0. The Labute approximate surface area is 98.6 Å². The molecular weight excluding hydrogens is 279 g/mol. The number of halogens is 2. The van der Waals surface area contributed by atoms with Crippen LogP contribution in [0.3, 0.4) is 0 Å². The molecule has 3 nitrogen and oxygen atoms in total. The highest BCUT2D eigenvalue weighted by atomic mass is 79.9. The SMILES string of the molecule is O=C(O)c1ccc(-c2cc(Br)ccc2F)o1. The van der Waals surface area contributed by atoms with E-state index < -0.39 is 11.8 Å². The molecule has 2 rings (SSSR count). The summed E-state index contributed by atoms with van der Waals surface area (Å²) < 4.78 is 19.1. The van der Waals surface area contributed by atoms with Crippen LogP contribution in [0.5, 0.6) is 0 Å². The summed E-state index contributed by atoms with van der Waals surface area (Å²) >= 11 is 3.20. The first-order valence-corrected chi connectivity index (χ1v) is 5.16. The van der Waals surface area contributed by atoms with Gasteiger partial charge in [0.25, 0.3) is 0 Å². The molecule has 1 heterocycles. The van der Waals surface area contributed by atoms with Crippen LogP contribution < -0.4 is 0 Å². The molecule has 0 saturated carbocycles. The Balaban J connectivity index is 2.50. The largest absolute Gasteiger partial charge is 0.475 e. The van der Waals surface area contributed by atoms with Gasteiger partial charge >= 0.3 is 5.97 Å². The van der Waals surface area contributed by atoms with Crippen LogP contribution in [0.25, 0.3) is 11.3 Å². The second kappa shape index (κ2) is 4.09. The van der Waals surface area contributed by atoms with Gasteiger partial charge < -0.3 is 9.52 Å². The van der Waals surface area contributed by atoms with Crippen LogP contribution in [0, 0.1) is 5.82 Å². The van der Waals surface area contributed by atoms with Crippen LogP contribution in [0.15, 0.2) is 39.2 Å². The van der Waals surface area contributed by atoms with Crippen molar-refractivity contribution >= 4 is 21.9 Å². The predicted molar refractivity (Wildman–Crippen MR) is 58.8 cm³/mol. The van der Waals surface area contributed by atoms with Gasteiger partial charge in [-0.15, -0.1) is 0 Å². The van der Waals surface area contributed by atoms with E-state index in [1.54, 1.807) is 6.07 Å². The number of hydrogen-bond acceptors (Lipinski definition) is 2. The van der Waals surface area contributed by atoms with Gasteiger partial charge in [0.2, 0.25) is 5.76 Å². The fourth-order valence-electron chi connectivity index (χ4n) is 1.28. The lowest BCUT2D eigenvalue weighted by molar-refractivity contribution is 0.0663. The highest BCUT2D eigenvalue weighted by molar-refractivity contribution is 9.10. The van der Waals surface area contributed by atoms with Crippen molar-refractivity contribution in [1.29, 1.82) is 0 Å². The van der Waals surface area contributed by atoms with Crippen molar-refractivity contribution in [3.05, 3.63) is 46.4 Å². The molecule has 2 aromatic rings. The topological polar surface area (TPSA) is 50.4 Å². The Morgan fingerprint density at radius 2 is 2.06 bits per heavy atom. The lowest BCUT2D eigenvalue weighted by atomic mass is 10.1. The van der Waals surface area contributed by atoms with E-state index >= 15 is 0 Å². The number of furan rings is 1. The Hall–Kier alpha value is -1.62. The van der Waals surface area contributed by atoms with Crippen molar-refractivity contribution in [2.45, 2.75) is 0 Å². The molecule has 1 aromatic carbocycles. The van der Waals surface area contributed by atoms with Gasteiger partial charge in [-0.2, -0.15) is 0 Å². The Morgan fingerprint density at radius 3 is 2.69 bits per heavy atom. The van der Waals surface area contributed by atoms with E-state index in [-0.39, 0.29) is 17.1 Å². The average molecular weight is 285 g/mol. The normalized spacial score (nSPS) is 10.4. The highest BCUT2D eigenvalue weighted by Gasteiger charge is 2.13. The maximum atomic E-state index is 13.4. The zero-order chi connectivity index (χ0) is 11.7. The number of carbonyl (C=O) groups is 1. The Morgan fingerprint density at radius 1 is 1.31 bits per heavy atom. The lowest BCUT2D eigenvalue weighted by Crippen LogP contribution is -1.91. The number of benzene rings is 1. The van der Waals surface area contributed by atoms with Crippen LogP contribution in [0.2, 0.25) is 0 Å². The fraction of sp³-hybridized carbons (Fsp3) is 0. The Bertz CT molecular complexity index is 548. The van der Waals surface area contributed by atoms with E-state index in [0.717, 1.165) is 0 Å². The molecule has 0 aliphatic carbocycles. The first-order valence-electron chi connectivity index (χ1n) is 4.36. The fourth-order valence-corrected chi connectivity index (χ4v) is 1.64. The van der Waals surface area contributed by atoms with Crippen LogP contribution in [0.1, 0.15) is 10.6 Å². The highest BCUT2D eigenvalue weighted by Crippen LogP contribution is 2.27. The average Bonchev–Trinajstić information content (AvgIpc) is 2.70. The molecule has 0 bridgehead atoms. The summed E-state index contributed by atoms with van der Waals surface area (Å²) in [5.74, 6) is -1.67. The minimum atomic E-state index is -1.18. The van der Waals surface area contributed by atoms with Crippen molar-refractivity contribution in [2.75, 3.05) is 0 Å². The molecule has 0 radical (unpaired) electrons. The van der Waals surface area contributed by atoms with E-state index in [9.17, 15) is 9.18 Å². The third-order valence-corrected chi connectivity index (χ3v) is 2.50. The monoisotopic (exact) mass is 284 g/mol. The standard InChI is InChI=1S/C11H6BrFO3/c12-6-1-2-8(13)7(5-6)9-3-4-10(16-9)11(14)15/h1-5H,(H,14,15). The number of carboxylic acids is 1. The minimum Gasteiger partial charge on any atom is -0.475 e. The van der Waals surface area contributed by atoms with Gasteiger partial charge in [0.1, 0.15) is 11.6 Å². The summed E-state index contributed by atoms with van der Waals surface area (Å²) in [5, 5.41) is 8.67. The summed E-state index contributed by atoms with van der Waals surface area (Å²) in [5.41, 5.74) is 0.224. The number of hydrogen-bond donors (Lipinski definition) is 1. The van der Waals surface area contributed by atoms with Gasteiger partial charge in [0.15, 0.2) is 0 Å². The molecule has 0 fully saturated rings. The molecule has 0 atom stereocenters. The van der Waals surface area contributed by atoms with E-state index in [4.69, 9.17) is 9.52 Å². The van der Waals surface area contributed by atoms with Gasteiger partial charge in [-0.25, -0.2) is 9.18 Å². The van der Waals surface area contributed by atoms with Crippen molar-refractivity contribution in [3.63, 3.8) is 0 Å². The van der Waals surface area contributed by atoms with Crippen LogP contribution in [-0.4, -0.2) is 11.1 Å². The first-order chi connectivity index (χ1) is 7.58. The van der Waals surface area contributed by atoms with Crippen LogP contribution in [-0.2, 0) is 0 Å². The first kappa shape index (κ1) is 10.9. The molecular formula is C11H6BrFO3. The van der Waals surface area contributed by atoms with Gasteiger partial charge in [0, 0.05) is 4.47 Å². The van der Waals surface area contributed by atoms with Crippen molar-refractivity contribution in [2.24, 2.45) is 0 Å². The molecule has 0 aliphatic rings. The summed E-state index contributed by atoms with van der Waals surface area (Å²) in [7, 11) is 0. The minimum absolute atomic E-state index is 0.191. The number of carboxylic acid groups (broad SMARTS) is 1. The van der Waals surface area contributed by atoms with Gasteiger partial charge in [-0.3, -0.25) is 0 Å². The van der Waals surface area contributed by atoms with Crippen molar-refractivity contribution < 1.29 is 18.7 Å². The molecule has 1 N–H and O–H groups in total. The van der Waals surface area contributed by atoms with E-state index in [0.29, 0.717) is 4.47 Å². The summed E-state index contributed by atoms with van der Waals surface area (Å²) in [6.07, 6.45) is 0. The molecule has 0 saturated heterocycles. The third kappa shape index (κ3) is 1.99. The molecule has 5 heteroatoms. The summed E-state index contributed by atoms with van der Waals surface area (Å²) in [6, 6.07) is 7.08. The maximum absolute atomic E-state index is 13.4. The van der Waals surface area contributed by atoms with Crippen molar-refractivity contribution in [1.82, 2.24) is 0 Å².